The molecule has 20 heavy (non-hydrogen) atoms. The Balaban J connectivity index is 2.09. The number of nitrogens with two attached hydrogens (primary N) is 1. The Labute approximate surface area is 117 Å². The van der Waals surface area contributed by atoms with E-state index in [0.29, 0.717) is 12.3 Å². The average molecular weight is 298 g/mol. The van der Waals surface area contributed by atoms with E-state index in [2.05, 4.69) is 10.1 Å². The molecule has 0 aliphatic rings. The van der Waals surface area contributed by atoms with Gasteiger partial charge in [-0.2, -0.15) is 0 Å². The normalized spacial score (nSPS) is 15.2. The summed E-state index contributed by atoms with van der Waals surface area (Å²) in [6.45, 7) is 3.96. The zero-order valence-electron chi connectivity index (χ0n) is 11.5. The number of hydrogen-bond donors (Lipinski definition) is 1. The van der Waals surface area contributed by atoms with Gasteiger partial charge in [0.2, 0.25) is 15.9 Å². The van der Waals surface area contributed by atoms with Gasteiger partial charge in [-0.05, 0) is 12.5 Å². The van der Waals surface area contributed by atoms with Gasteiger partial charge >= 0.3 is 0 Å². The molecule has 2 rings (SSSR count). The van der Waals surface area contributed by atoms with Gasteiger partial charge in [-0.25, -0.2) is 23.1 Å². The van der Waals surface area contributed by atoms with Gasteiger partial charge in [0.1, 0.15) is 0 Å². The van der Waals surface area contributed by atoms with Crippen LogP contribution in [0.2, 0.25) is 0 Å². The van der Waals surface area contributed by atoms with Crippen LogP contribution in [-0.2, 0) is 10.0 Å². The lowest BCUT2D eigenvalue weighted by molar-refractivity contribution is 0.170. The summed E-state index contributed by atoms with van der Waals surface area (Å²) >= 11 is 0. The van der Waals surface area contributed by atoms with Crippen molar-refractivity contribution in [3.63, 3.8) is 0 Å². The van der Waals surface area contributed by atoms with Crippen LogP contribution in [0.25, 0.3) is 5.65 Å². The van der Waals surface area contributed by atoms with E-state index in [1.54, 1.807) is 29.0 Å². The van der Waals surface area contributed by atoms with Gasteiger partial charge in [-0.3, -0.25) is 0 Å². The molecule has 2 heterocycles. The summed E-state index contributed by atoms with van der Waals surface area (Å²) in [4.78, 5) is 4.08. The number of fused-ring (bicyclic) bond motifs is 1. The Kier molecular flexibility index (Phi) is 3.96. The number of ether oxygens (including phenoxy) is 1. The van der Waals surface area contributed by atoms with Crippen LogP contribution in [0.4, 0.5) is 0 Å². The maximum Gasteiger partial charge on any atom is 0.231 e. The van der Waals surface area contributed by atoms with Crippen molar-refractivity contribution in [2.75, 3.05) is 12.4 Å². The summed E-state index contributed by atoms with van der Waals surface area (Å²) in [5, 5.41) is 9.34. The molecule has 8 heteroatoms. The van der Waals surface area contributed by atoms with Crippen LogP contribution in [0.5, 0.6) is 5.88 Å². The second kappa shape index (κ2) is 5.37. The summed E-state index contributed by atoms with van der Waals surface area (Å²) in [7, 11) is -3.54. The minimum Gasteiger partial charge on any atom is -0.476 e. The number of primary sulfonamides is 1. The van der Waals surface area contributed by atoms with Gasteiger partial charge in [0.15, 0.2) is 5.65 Å². The molecule has 0 bridgehead atoms. The van der Waals surface area contributed by atoms with E-state index < -0.39 is 15.4 Å². The maximum atomic E-state index is 11.3. The van der Waals surface area contributed by atoms with E-state index in [-0.39, 0.29) is 12.4 Å². The predicted octanol–water partition coefficient (Wildman–Crippen LogP) is 0.813. The number of aromatic nitrogens is 3. The third kappa shape index (κ3) is 3.67. The van der Waals surface area contributed by atoms with Crippen molar-refractivity contribution in [3.05, 3.63) is 24.5 Å². The molecule has 0 saturated heterocycles. The SMILES string of the molecule is CCC(C)(COc1ccc2nccn2n1)CS(N)(=O)=O. The Morgan fingerprint density at radius 2 is 2.20 bits per heavy atom. The number of imidazole rings is 1. The van der Waals surface area contributed by atoms with Crippen molar-refractivity contribution in [3.8, 4) is 5.88 Å². The summed E-state index contributed by atoms with van der Waals surface area (Å²) in [6, 6.07) is 3.49. The third-order valence-corrected chi connectivity index (χ3v) is 4.30. The zero-order chi connectivity index (χ0) is 14.8. The number of sulfonamides is 1. The van der Waals surface area contributed by atoms with Crippen LogP contribution >= 0.6 is 0 Å². The largest absolute Gasteiger partial charge is 0.476 e. The van der Waals surface area contributed by atoms with Crippen molar-refractivity contribution in [2.45, 2.75) is 20.3 Å². The lowest BCUT2D eigenvalue weighted by Crippen LogP contribution is -2.35. The van der Waals surface area contributed by atoms with Crippen LogP contribution in [-0.4, -0.2) is 35.4 Å². The van der Waals surface area contributed by atoms with Crippen LogP contribution in [0.15, 0.2) is 24.5 Å². The Hall–Kier alpha value is -1.67. The van der Waals surface area contributed by atoms with Crippen molar-refractivity contribution in [1.82, 2.24) is 14.6 Å². The molecule has 2 aromatic heterocycles. The summed E-state index contributed by atoms with van der Waals surface area (Å²) in [5.74, 6) is 0.300. The minimum absolute atomic E-state index is 0.121. The number of nitrogens with zero attached hydrogens (tertiary/aromatic N) is 3. The molecule has 0 aliphatic heterocycles. The molecule has 0 saturated carbocycles. The van der Waals surface area contributed by atoms with Gasteiger partial charge in [-0.1, -0.05) is 13.8 Å². The van der Waals surface area contributed by atoms with E-state index in [9.17, 15) is 8.42 Å². The van der Waals surface area contributed by atoms with Crippen molar-refractivity contribution in [1.29, 1.82) is 0 Å². The number of hydrogen-bond acceptors (Lipinski definition) is 5. The topological polar surface area (TPSA) is 99.6 Å². The van der Waals surface area contributed by atoms with Gasteiger partial charge in [0, 0.05) is 23.9 Å². The molecule has 0 aliphatic carbocycles. The van der Waals surface area contributed by atoms with E-state index in [1.165, 1.54) is 0 Å². The molecule has 0 aromatic carbocycles. The Bertz CT molecular complexity index is 698. The molecule has 2 aromatic rings. The maximum absolute atomic E-state index is 11.3. The molecule has 2 N–H and O–H groups in total. The highest BCUT2D eigenvalue weighted by atomic mass is 32.2. The molecule has 1 unspecified atom stereocenters. The monoisotopic (exact) mass is 298 g/mol. The number of rotatable bonds is 6. The molecule has 0 fully saturated rings. The first-order chi connectivity index (χ1) is 9.31. The quantitative estimate of drug-likeness (QED) is 0.850. The van der Waals surface area contributed by atoms with Crippen LogP contribution in [0.3, 0.4) is 0 Å². The Morgan fingerprint density at radius 1 is 1.45 bits per heavy atom. The van der Waals surface area contributed by atoms with Crippen molar-refractivity contribution < 1.29 is 13.2 Å². The van der Waals surface area contributed by atoms with Crippen molar-refractivity contribution >= 4 is 15.7 Å². The summed E-state index contributed by atoms with van der Waals surface area (Å²) < 4.78 is 29.7. The van der Waals surface area contributed by atoms with E-state index in [1.807, 2.05) is 13.8 Å². The highest BCUT2D eigenvalue weighted by Crippen LogP contribution is 2.24. The zero-order valence-corrected chi connectivity index (χ0v) is 12.3. The summed E-state index contributed by atoms with van der Waals surface area (Å²) in [6.07, 6.45) is 3.99. The lowest BCUT2D eigenvalue weighted by Gasteiger charge is -2.26. The molecule has 0 radical (unpaired) electrons. The smallest absolute Gasteiger partial charge is 0.231 e. The molecule has 0 spiro atoms. The summed E-state index contributed by atoms with van der Waals surface area (Å²) in [5.41, 5.74) is 0.180. The highest BCUT2D eigenvalue weighted by Gasteiger charge is 2.28. The van der Waals surface area contributed by atoms with Gasteiger partial charge in [-0.15, -0.1) is 5.10 Å². The molecule has 110 valence electrons. The molecular formula is C12H18N4O3S. The molecule has 0 amide bonds. The average Bonchev–Trinajstić information content (AvgIpc) is 2.81. The fourth-order valence-corrected chi connectivity index (χ4v) is 3.11. The van der Waals surface area contributed by atoms with Crippen LogP contribution in [0.1, 0.15) is 20.3 Å². The van der Waals surface area contributed by atoms with E-state index in [4.69, 9.17) is 9.88 Å². The van der Waals surface area contributed by atoms with Crippen LogP contribution < -0.4 is 9.88 Å². The fraction of sp³-hybridized carbons (Fsp3) is 0.500. The van der Waals surface area contributed by atoms with Gasteiger partial charge < -0.3 is 4.74 Å². The first kappa shape index (κ1) is 14.7. The van der Waals surface area contributed by atoms with E-state index in [0.717, 1.165) is 5.65 Å². The predicted molar refractivity (Wildman–Crippen MR) is 74.9 cm³/mol. The van der Waals surface area contributed by atoms with Crippen LogP contribution in [0, 0.1) is 5.41 Å². The first-order valence-corrected chi connectivity index (χ1v) is 7.96. The molecule has 7 nitrogen and oxygen atoms in total. The molecule has 1 atom stereocenters. The van der Waals surface area contributed by atoms with E-state index >= 15 is 0 Å². The Morgan fingerprint density at radius 3 is 2.85 bits per heavy atom. The van der Waals surface area contributed by atoms with Gasteiger partial charge in [0.25, 0.3) is 0 Å². The second-order valence-corrected chi connectivity index (χ2v) is 6.78. The third-order valence-electron chi connectivity index (χ3n) is 3.20. The fourth-order valence-electron chi connectivity index (χ4n) is 1.85. The minimum atomic E-state index is -3.54. The molecular weight excluding hydrogens is 280 g/mol. The highest BCUT2D eigenvalue weighted by molar-refractivity contribution is 7.89. The van der Waals surface area contributed by atoms with Crippen molar-refractivity contribution in [2.24, 2.45) is 10.6 Å². The second-order valence-electron chi connectivity index (χ2n) is 5.16. The lowest BCUT2D eigenvalue weighted by atomic mass is 9.91. The van der Waals surface area contributed by atoms with Gasteiger partial charge in [0.05, 0.1) is 12.4 Å². The first-order valence-electron chi connectivity index (χ1n) is 6.25. The standard InChI is InChI=1S/C12H18N4O3S/c1-3-12(2,9-20(13,17)18)8-19-11-5-4-10-14-6-7-16(10)15-11/h4-7H,3,8-9H2,1-2H3,(H2,13,17,18).